The van der Waals surface area contributed by atoms with Gasteiger partial charge in [0.25, 0.3) is 0 Å². The molecule has 0 saturated heterocycles. The van der Waals surface area contributed by atoms with Gasteiger partial charge in [-0.05, 0) is 0 Å². The Morgan fingerprint density at radius 2 is 2.00 bits per heavy atom. The van der Waals surface area contributed by atoms with Crippen LogP contribution in [-0.4, -0.2) is 0 Å². The van der Waals surface area contributed by atoms with Crippen molar-refractivity contribution in [2.45, 2.75) is 11.9 Å². The molecular weight excluding hydrogens is 161 g/mol. The van der Waals surface area contributed by atoms with Crippen LogP contribution >= 0.6 is 0 Å². The molecule has 0 aliphatic heterocycles. The summed E-state index contributed by atoms with van der Waals surface area (Å²) in [5.41, 5.74) is 2.95. The maximum absolute atomic E-state index is 2.21. The van der Waals surface area contributed by atoms with Gasteiger partial charge >= 0.3 is 65.6 Å². The molecule has 1 aromatic rings. The van der Waals surface area contributed by atoms with E-state index >= 15 is 0 Å². The quantitative estimate of drug-likeness (QED) is 0.566. The van der Waals surface area contributed by atoms with Gasteiger partial charge in [-0.1, -0.05) is 0 Å². The summed E-state index contributed by atoms with van der Waals surface area (Å²) in [6.07, 6.45) is 0. The molecule has 0 aliphatic carbocycles. The number of rotatable bonds is 1. The van der Waals surface area contributed by atoms with Crippen LogP contribution in [-0.2, 0) is 23.3 Å². The summed E-state index contributed by atoms with van der Waals surface area (Å²) < 4.78 is 0. The minimum absolute atomic E-state index is 1.27. The zero-order chi connectivity index (χ0) is 6.69. The summed E-state index contributed by atoms with van der Waals surface area (Å²) >= 11 is 1.37. The molecular formula is C8H9Zn. The third-order valence-corrected chi connectivity index (χ3v) is 2.66. The van der Waals surface area contributed by atoms with Gasteiger partial charge in [0, 0.05) is 0 Å². The molecule has 0 N–H and O–H groups in total. The molecule has 0 fully saturated rings. The Hall–Kier alpha value is -0.157. The van der Waals surface area contributed by atoms with Crippen LogP contribution in [0.2, 0.25) is 0 Å². The van der Waals surface area contributed by atoms with E-state index in [9.17, 15) is 0 Å². The van der Waals surface area contributed by atoms with Crippen LogP contribution in [0, 0.1) is 6.92 Å². The van der Waals surface area contributed by atoms with Gasteiger partial charge in [-0.3, -0.25) is 0 Å². The van der Waals surface area contributed by atoms with Gasteiger partial charge in [0.1, 0.15) is 0 Å². The Labute approximate surface area is 66.0 Å². The van der Waals surface area contributed by atoms with Gasteiger partial charge in [0.05, 0.1) is 0 Å². The molecule has 1 aromatic carbocycles. The first kappa shape index (κ1) is 6.96. The molecule has 0 aromatic heterocycles. The van der Waals surface area contributed by atoms with Crippen molar-refractivity contribution in [2.24, 2.45) is 0 Å². The third kappa shape index (κ3) is 1.62. The van der Waals surface area contributed by atoms with Gasteiger partial charge < -0.3 is 0 Å². The SMILES string of the molecule is Cc1ccccc1[CH2][Zn]. The number of hydrogen-bond acceptors (Lipinski definition) is 0. The van der Waals surface area contributed by atoms with Crippen LogP contribution in [0.25, 0.3) is 0 Å². The van der Waals surface area contributed by atoms with E-state index in [0.29, 0.717) is 0 Å². The van der Waals surface area contributed by atoms with Crippen molar-refractivity contribution in [1.82, 2.24) is 0 Å². The maximum atomic E-state index is 2.21. The molecule has 0 radical (unpaired) electrons. The number of hydrogen-bond donors (Lipinski definition) is 0. The number of aryl methyl sites for hydroxylation is 1. The zero-order valence-corrected chi connectivity index (χ0v) is 8.69. The van der Waals surface area contributed by atoms with Gasteiger partial charge in [-0.15, -0.1) is 0 Å². The van der Waals surface area contributed by atoms with E-state index in [-0.39, 0.29) is 0 Å². The second kappa shape index (κ2) is 3.12. The summed E-state index contributed by atoms with van der Waals surface area (Å²) in [4.78, 5) is 0. The van der Waals surface area contributed by atoms with Crippen molar-refractivity contribution in [3.05, 3.63) is 35.4 Å². The fourth-order valence-corrected chi connectivity index (χ4v) is 2.07. The first-order valence-corrected chi connectivity index (χ1v) is 5.28. The Morgan fingerprint density at radius 1 is 1.33 bits per heavy atom. The summed E-state index contributed by atoms with van der Waals surface area (Å²) in [5, 5.41) is 1.27. The van der Waals surface area contributed by atoms with Crippen LogP contribution in [0.3, 0.4) is 0 Å². The van der Waals surface area contributed by atoms with E-state index in [4.69, 9.17) is 0 Å². The molecule has 0 bridgehead atoms. The average molecular weight is 171 g/mol. The third-order valence-electron chi connectivity index (χ3n) is 1.53. The van der Waals surface area contributed by atoms with E-state index in [1.807, 2.05) is 0 Å². The topological polar surface area (TPSA) is 0 Å². The molecule has 0 atom stereocenters. The predicted molar refractivity (Wildman–Crippen MR) is 34.9 cm³/mol. The Balaban J connectivity index is 3.01. The summed E-state index contributed by atoms with van der Waals surface area (Å²) in [5.74, 6) is 0. The normalized spacial score (nSPS) is 9.67. The monoisotopic (exact) mass is 169 g/mol. The fraction of sp³-hybridized carbons (Fsp3) is 0.250. The van der Waals surface area contributed by atoms with Crippen molar-refractivity contribution in [3.63, 3.8) is 0 Å². The van der Waals surface area contributed by atoms with E-state index in [1.54, 1.807) is 0 Å². The predicted octanol–water partition coefficient (Wildman–Crippen LogP) is 2.04. The van der Waals surface area contributed by atoms with Crippen LogP contribution in [0.4, 0.5) is 0 Å². The number of benzene rings is 1. The van der Waals surface area contributed by atoms with Gasteiger partial charge in [-0.25, -0.2) is 0 Å². The van der Waals surface area contributed by atoms with E-state index in [2.05, 4.69) is 31.2 Å². The van der Waals surface area contributed by atoms with Crippen molar-refractivity contribution in [2.75, 3.05) is 0 Å². The molecule has 1 rings (SSSR count). The second-order valence-corrected chi connectivity index (χ2v) is 3.23. The molecule has 0 nitrogen and oxygen atoms in total. The van der Waals surface area contributed by atoms with Crippen LogP contribution in [0.15, 0.2) is 24.3 Å². The molecule has 43 valence electrons. The second-order valence-electron chi connectivity index (χ2n) is 2.18. The van der Waals surface area contributed by atoms with E-state index in [1.165, 1.54) is 34.4 Å². The minimum atomic E-state index is 1.27. The molecule has 9 heavy (non-hydrogen) atoms. The van der Waals surface area contributed by atoms with Gasteiger partial charge in [0.15, 0.2) is 0 Å². The molecule has 0 amide bonds. The Morgan fingerprint density at radius 3 is 2.44 bits per heavy atom. The van der Waals surface area contributed by atoms with Crippen LogP contribution < -0.4 is 0 Å². The van der Waals surface area contributed by atoms with E-state index in [0.717, 1.165) is 0 Å². The molecule has 0 spiro atoms. The van der Waals surface area contributed by atoms with Crippen LogP contribution in [0.1, 0.15) is 11.1 Å². The Kier molecular flexibility index (Phi) is 2.41. The molecule has 0 saturated carbocycles. The van der Waals surface area contributed by atoms with Crippen molar-refractivity contribution >= 4 is 0 Å². The van der Waals surface area contributed by atoms with Crippen molar-refractivity contribution in [1.29, 1.82) is 0 Å². The molecule has 0 heterocycles. The van der Waals surface area contributed by atoms with Crippen molar-refractivity contribution in [3.8, 4) is 0 Å². The zero-order valence-electron chi connectivity index (χ0n) is 5.72. The van der Waals surface area contributed by atoms with Gasteiger partial charge in [0.2, 0.25) is 0 Å². The standard InChI is InChI=1S/C8H9.Zn/c1-7-5-3-4-6-8(7)2;/h3-6H,1H2,2H3;. The molecule has 0 unspecified atom stereocenters. The summed E-state index contributed by atoms with van der Waals surface area (Å²) in [6, 6.07) is 8.58. The summed E-state index contributed by atoms with van der Waals surface area (Å²) in [7, 11) is 0. The Bertz CT molecular complexity index is 194. The van der Waals surface area contributed by atoms with E-state index < -0.39 is 0 Å². The van der Waals surface area contributed by atoms with Crippen LogP contribution in [0.5, 0.6) is 0 Å². The summed E-state index contributed by atoms with van der Waals surface area (Å²) in [6.45, 7) is 2.17. The van der Waals surface area contributed by atoms with Gasteiger partial charge in [-0.2, -0.15) is 0 Å². The average Bonchev–Trinajstić information content (AvgIpc) is 1.89. The molecule has 0 aliphatic rings. The van der Waals surface area contributed by atoms with Crippen molar-refractivity contribution < 1.29 is 18.3 Å². The molecule has 1 heteroatoms. The fourth-order valence-electron chi connectivity index (χ4n) is 0.891. The first-order valence-electron chi connectivity index (χ1n) is 3.18. The first-order chi connectivity index (χ1) is 4.34.